The van der Waals surface area contributed by atoms with Crippen molar-refractivity contribution in [1.82, 2.24) is 9.97 Å². The molecule has 0 radical (unpaired) electrons. The molecule has 0 amide bonds. The number of para-hydroxylation sites is 1. The zero-order valence-electron chi connectivity index (χ0n) is 10.7. The Hall–Kier alpha value is -1.73. The monoisotopic (exact) mass is 324 g/mol. The Morgan fingerprint density at radius 3 is 2.90 bits per heavy atom. The van der Waals surface area contributed by atoms with E-state index < -0.39 is 6.61 Å². The van der Waals surface area contributed by atoms with Gasteiger partial charge in [0.15, 0.2) is 0 Å². The first-order chi connectivity index (χ1) is 10.2. The molecule has 0 fully saturated rings. The lowest BCUT2D eigenvalue weighted by Gasteiger charge is -2.10. The molecule has 0 aliphatic carbocycles. The van der Waals surface area contributed by atoms with E-state index in [0.29, 0.717) is 11.3 Å². The van der Waals surface area contributed by atoms with Crippen LogP contribution in [0.25, 0.3) is 10.2 Å². The van der Waals surface area contributed by atoms with Crippen LogP contribution in [0.3, 0.4) is 0 Å². The van der Waals surface area contributed by atoms with Gasteiger partial charge in [-0.2, -0.15) is 8.78 Å². The number of rotatable bonds is 5. The van der Waals surface area contributed by atoms with Gasteiger partial charge in [0.1, 0.15) is 17.1 Å². The molecule has 0 spiro atoms. The minimum atomic E-state index is -2.82. The van der Waals surface area contributed by atoms with Crippen LogP contribution in [0.1, 0.15) is 5.56 Å². The Bertz CT molecular complexity index is 748. The Morgan fingerprint density at radius 1 is 1.19 bits per heavy atom. The van der Waals surface area contributed by atoms with E-state index in [1.54, 1.807) is 35.6 Å². The van der Waals surface area contributed by atoms with Gasteiger partial charge < -0.3 is 4.74 Å². The van der Waals surface area contributed by atoms with Gasteiger partial charge in [-0.15, -0.1) is 11.3 Å². The van der Waals surface area contributed by atoms with Gasteiger partial charge in [-0.25, -0.2) is 9.97 Å². The lowest BCUT2D eigenvalue weighted by Crippen LogP contribution is -2.03. The number of halogens is 2. The Labute approximate surface area is 128 Å². The van der Waals surface area contributed by atoms with E-state index in [-0.39, 0.29) is 5.75 Å². The SMILES string of the molecule is FC(F)Oc1ccccc1CSc1ncnc2ccsc12. The van der Waals surface area contributed by atoms with E-state index in [4.69, 9.17) is 0 Å². The van der Waals surface area contributed by atoms with Crippen LogP contribution in [0.15, 0.2) is 47.1 Å². The molecule has 21 heavy (non-hydrogen) atoms. The van der Waals surface area contributed by atoms with Crippen molar-refractivity contribution in [2.45, 2.75) is 17.4 Å². The minimum Gasteiger partial charge on any atom is -0.435 e. The van der Waals surface area contributed by atoms with Gasteiger partial charge in [0.05, 0.1) is 10.2 Å². The van der Waals surface area contributed by atoms with E-state index >= 15 is 0 Å². The average molecular weight is 324 g/mol. The molecular weight excluding hydrogens is 314 g/mol. The van der Waals surface area contributed by atoms with Gasteiger partial charge in [0.25, 0.3) is 0 Å². The summed E-state index contributed by atoms with van der Waals surface area (Å²) in [6.07, 6.45) is 1.51. The van der Waals surface area contributed by atoms with Gasteiger partial charge in [0.2, 0.25) is 0 Å². The average Bonchev–Trinajstić information content (AvgIpc) is 2.95. The van der Waals surface area contributed by atoms with Crippen LogP contribution in [0.4, 0.5) is 8.78 Å². The summed E-state index contributed by atoms with van der Waals surface area (Å²) in [5.41, 5.74) is 1.61. The quantitative estimate of drug-likeness (QED) is 0.508. The van der Waals surface area contributed by atoms with Crippen molar-refractivity contribution in [2.75, 3.05) is 0 Å². The zero-order chi connectivity index (χ0) is 14.7. The van der Waals surface area contributed by atoms with Crippen LogP contribution in [0.5, 0.6) is 5.75 Å². The van der Waals surface area contributed by atoms with Crippen molar-refractivity contribution < 1.29 is 13.5 Å². The molecule has 3 rings (SSSR count). The van der Waals surface area contributed by atoms with Crippen LogP contribution in [0, 0.1) is 0 Å². The highest BCUT2D eigenvalue weighted by Crippen LogP contribution is 2.33. The van der Waals surface area contributed by atoms with Gasteiger partial charge in [-0.3, -0.25) is 0 Å². The highest BCUT2D eigenvalue weighted by atomic mass is 32.2. The van der Waals surface area contributed by atoms with Crippen LogP contribution in [0.2, 0.25) is 0 Å². The summed E-state index contributed by atoms with van der Waals surface area (Å²) in [7, 11) is 0. The van der Waals surface area contributed by atoms with Crippen LogP contribution in [-0.4, -0.2) is 16.6 Å². The fourth-order valence-corrected chi connectivity index (χ4v) is 3.79. The first-order valence-corrected chi connectivity index (χ1v) is 7.94. The maximum Gasteiger partial charge on any atom is 0.387 e. The Balaban J connectivity index is 1.80. The van der Waals surface area contributed by atoms with Crippen molar-refractivity contribution in [1.29, 1.82) is 0 Å². The molecule has 0 saturated heterocycles. The Kier molecular flexibility index (Phi) is 4.31. The minimum absolute atomic E-state index is 0.205. The molecule has 0 saturated carbocycles. The summed E-state index contributed by atoms with van der Waals surface area (Å²) >= 11 is 3.05. The van der Waals surface area contributed by atoms with Crippen LogP contribution >= 0.6 is 23.1 Å². The summed E-state index contributed by atoms with van der Waals surface area (Å²) < 4.78 is 30.3. The van der Waals surface area contributed by atoms with E-state index in [1.807, 2.05) is 11.4 Å². The number of aromatic nitrogens is 2. The molecule has 3 nitrogen and oxygen atoms in total. The molecular formula is C14H10F2N2OS2. The highest BCUT2D eigenvalue weighted by molar-refractivity contribution is 7.98. The summed E-state index contributed by atoms with van der Waals surface area (Å²) in [6.45, 7) is -2.82. The van der Waals surface area contributed by atoms with Crippen LogP contribution in [-0.2, 0) is 5.75 Å². The van der Waals surface area contributed by atoms with Crippen molar-refractivity contribution in [3.63, 3.8) is 0 Å². The third-order valence-corrected chi connectivity index (χ3v) is 4.84. The van der Waals surface area contributed by atoms with Crippen molar-refractivity contribution in [2.24, 2.45) is 0 Å². The third kappa shape index (κ3) is 3.30. The first kappa shape index (κ1) is 14.2. The van der Waals surface area contributed by atoms with E-state index in [0.717, 1.165) is 15.2 Å². The number of ether oxygens (including phenoxy) is 1. The number of benzene rings is 1. The standard InChI is InChI=1S/C14H10F2N2OS2/c15-14(16)19-11-4-2-1-3-9(11)7-21-13-12-10(5-6-20-12)17-8-18-13/h1-6,8,14H,7H2. The Morgan fingerprint density at radius 2 is 2.05 bits per heavy atom. The predicted molar refractivity (Wildman–Crippen MR) is 80.1 cm³/mol. The molecule has 0 N–H and O–H groups in total. The second-order valence-electron chi connectivity index (χ2n) is 4.09. The van der Waals surface area contributed by atoms with Gasteiger partial charge in [0, 0.05) is 11.3 Å². The summed E-state index contributed by atoms with van der Waals surface area (Å²) in [6, 6.07) is 8.73. The molecule has 0 aliphatic rings. The number of hydrogen-bond donors (Lipinski definition) is 0. The van der Waals surface area contributed by atoms with Gasteiger partial charge in [-0.05, 0) is 17.5 Å². The molecule has 0 bridgehead atoms. The summed E-state index contributed by atoms with van der Waals surface area (Å²) in [5.74, 6) is 0.712. The molecule has 2 heterocycles. The van der Waals surface area contributed by atoms with Crippen molar-refractivity contribution in [3.05, 3.63) is 47.6 Å². The second-order valence-corrected chi connectivity index (χ2v) is 5.97. The van der Waals surface area contributed by atoms with Crippen molar-refractivity contribution in [3.8, 4) is 5.75 Å². The maximum atomic E-state index is 12.4. The molecule has 0 atom stereocenters. The molecule has 3 aromatic rings. The number of thioether (sulfide) groups is 1. The predicted octanol–water partition coefficient (Wildman–Crippen LogP) is 4.59. The lowest BCUT2D eigenvalue weighted by atomic mass is 10.2. The zero-order valence-corrected chi connectivity index (χ0v) is 12.3. The summed E-state index contributed by atoms with van der Waals surface area (Å²) in [4.78, 5) is 8.43. The smallest absolute Gasteiger partial charge is 0.387 e. The number of thiophene rings is 1. The molecule has 0 unspecified atom stereocenters. The number of alkyl halides is 2. The number of hydrogen-bond acceptors (Lipinski definition) is 5. The van der Waals surface area contributed by atoms with Crippen molar-refractivity contribution >= 4 is 33.3 Å². The van der Waals surface area contributed by atoms with Gasteiger partial charge in [-0.1, -0.05) is 30.0 Å². The molecule has 0 aliphatic heterocycles. The first-order valence-electron chi connectivity index (χ1n) is 6.08. The fourth-order valence-electron chi connectivity index (χ4n) is 1.85. The lowest BCUT2D eigenvalue weighted by molar-refractivity contribution is -0.0503. The topological polar surface area (TPSA) is 35.0 Å². The largest absolute Gasteiger partial charge is 0.435 e. The van der Waals surface area contributed by atoms with Gasteiger partial charge >= 0.3 is 6.61 Å². The van der Waals surface area contributed by atoms with E-state index in [1.165, 1.54) is 18.1 Å². The number of nitrogens with zero attached hydrogens (tertiary/aromatic N) is 2. The molecule has 108 valence electrons. The maximum absolute atomic E-state index is 12.4. The van der Waals surface area contributed by atoms with Crippen LogP contribution < -0.4 is 4.74 Å². The fraction of sp³-hybridized carbons (Fsp3) is 0.143. The highest BCUT2D eigenvalue weighted by Gasteiger charge is 2.11. The van der Waals surface area contributed by atoms with E-state index in [9.17, 15) is 8.78 Å². The normalized spacial score (nSPS) is 11.2. The number of fused-ring (bicyclic) bond motifs is 1. The molecule has 1 aromatic carbocycles. The second kappa shape index (κ2) is 6.36. The third-order valence-electron chi connectivity index (χ3n) is 2.76. The molecule has 7 heteroatoms. The summed E-state index contributed by atoms with van der Waals surface area (Å²) in [5, 5.41) is 2.80. The van der Waals surface area contributed by atoms with E-state index in [2.05, 4.69) is 14.7 Å². The molecule has 2 aromatic heterocycles.